The average molecular weight is 229 g/mol. The van der Waals surface area contributed by atoms with Gasteiger partial charge in [0, 0.05) is 11.6 Å². The first-order valence-corrected chi connectivity index (χ1v) is 5.21. The van der Waals surface area contributed by atoms with Crippen LogP contribution in [-0.4, -0.2) is 19.2 Å². The molecule has 1 N–H and O–H groups in total. The van der Waals surface area contributed by atoms with E-state index in [9.17, 15) is 8.78 Å². The molecule has 0 radical (unpaired) electrons. The summed E-state index contributed by atoms with van der Waals surface area (Å²) in [5.41, 5.74) is -0.0292. The van der Waals surface area contributed by atoms with E-state index in [0.29, 0.717) is 12.4 Å². The van der Waals surface area contributed by atoms with Crippen molar-refractivity contribution in [3.8, 4) is 5.75 Å². The van der Waals surface area contributed by atoms with Gasteiger partial charge in [0.05, 0.1) is 6.61 Å². The molecule has 0 fully saturated rings. The highest BCUT2D eigenvalue weighted by Crippen LogP contribution is 2.16. The number of halogens is 2. The highest BCUT2D eigenvalue weighted by molar-refractivity contribution is 5.23. The molecule has 0 spiro atoms. The van der Waals surface area contributed by atoms with Crippen LogP contribution >= 0.6 is 0 Å². The Morgan fingerprint density at radius 3 is 2.50 bits per heavy atom. The Balaban J connectivity index is 2.46. The first-order chi connectivity index (χ1) is 7.44. The second-order valence-electron chi connectivity index (χ2n) is 4.31. The molecule has 1 aromatic carbocycles. The van der Waals surface area contributed by atoms with Gasteiger partial charge in [0.1, 0.15) is 5.75 Å². The van der Waals surface area contributed by atoms with Gasteiger partial charge in [-0.1, -0.05) is 0 Å². The van der Waals surface area contributed by atoms with Gasteiger partial charge in [0.25, 0.3) is 0 Å². The van der Waals surface area contributed by atoms with Crippen molar-refractivity contribution in [2.24, 2.45) is 0 Å². The standard InChI is InChI=1S/C12H17F2NO/c1-12(2,15-3)6-7-16-9-4-5-10(13)11(14)8-9/h4-5,8,15H,6-7H2,1-3H3. The molecule has 1 rings (SSSR count). The number of nitrogens with one attached hydrogen (secondary N) is 1. The molecule has 90 valence electrons. The molecule has 0 aliphatic carbocycles. The number of rotatable bonds is 5. The van der Waals surface area contributed by atoms with Gasteiger partial charge in [0.2, 0.25) is 0 Å². The van der Waals surface area contributed by atoms with Crippen LogP contribution in [0.25, 0.3) is 0 Å². The molecule has 0 unspecified atom stereocenters. The zero-order valence-corrected chi connectivity index (χ0v) is 9.81. The second-order valence-corrected chi connectivity index (χ2v) is 4.31. The molecular weight excluding hydrogens is 212 g/mol. The predicted octanol–water partition coefficient (Wildman–Crippen LogP) is 2.73. The third-order valence-electron chi connectivity index (χ3n) is 2.56. The lowest BCUT2D eigenvalue weighted by molar-refractivity contribution is 0.254. The lowest BCUT2D eigenvalue weighted by atomic mass is 10.0. The molecule has 0 aromatic heterocycles. The van der Waals surface area contributed by atoms with E-state index in [1.54, 1.807) is 0 Å². The smallest absolute Gasteiger partial charge is 0.162 e. The minimum Gasteiger partial charge on any atom is -0.493 e. The SMILES string of the molecule is CNC(C)(C)CCOc1ccc(F)c(F)c1. The Bertz CT molecular complexity index is 353. The second kappa shape index (κ2) is 5.25. The van der Waals surface area contributed by atoms with Crippen LogP contribution in [0.4, 0.5) is 8.78 Å². The quantitative estimate of drug-likeness (QED) is 0.838. The maximum atomic E-state index is 12.8. The molecule has 0 saturated carbocycles. The molecule has 0 amide bonds. The van der Waals surface area contributed by atoms with Crippen LogP contribution in [0.3, 0.4) is 0 Å². The van der Waals surface area contributed by atoms with Gasteiger partial charge in [-0.3, -0.25) is 0 Å². The van der Waals surface area contributed by atoms with Crippen LogP contribution in [-0.2, 0) is 0 Å². The Labute approximate surface area is 94.6 Å². The van der Waals surface area contributed by atoms with Gasteiger partial charge in [0.15, 0.2) is 11.6 Å². The van der Waals surface area contributed by atoms with E-state index in [0.717, 1.165) is 18.6 Å². The lowest BCUT2D eigenvalue weighted by Gasteiger charge is -2.23. The lowest BCUT2D eigenvalue weighted by Crippen LogP contribution is -2.37. The maximum absolute atomic E-state index is 12.8. The summed E-state index contributed by atoms with van der Waals surface area (Å²) in [7, 11) is 1.87. The summed E-state index contributed by atoms with van der Waals surface area (Å²) >= 11 is 0. The number of hydrogen-bond donors (Lipinski definition) is 1. The molecule has 0 atom stereocenters. The summed E-state index contributed by atoms with van der Waals surface area (Å²) < 4.78 is 30.8. The van der Waals surface area contributed by atoms with Crippen LogP contribution in [0.15, 0.2) is 18.2 Å². The van der Waals surface area contributed by atoms with Crippen molar-refractivity contribution in [2.75, 3.05) is 13.7 Å². The summed E-state index contributed by atoms with van der Waals surface area (Å²) in [4.78, 5) is 0. The topological polar surface area (TPSA) is 21.3 Å². The van der Waals surface area contributed by atoms with Crippen molar-refractivity contribution < 1.29 is 13.5 Å². The Kier molecular flexibility index (Phi) is 4.24. The fourth-order valence-electron chi connectivity index (χ4n) is 1.12. The van der Waals surface area contributed by atoms with Gasteiger partial charge in [-0.2, -0.15) is 0 Å². The van der Waals surface area contributed by atoms with Crippen LogP contribution in [0.1, 0.15) is 20.3 Å². The largest absolute Gasteiger partial charge is 0.493 e. The first kappa shape index (κ1) is 12.9. The van der Waals surface area contributed by atoms with Crippen LogP contribution in [0.2, 0.25) is 0 Å². The van der Waals surface area contributed by atoms with Crippen LogP contribution in [0.5, 0.6) is 5.75 Å². The first-order valence-electron chi connectivity index (χ1n) is 5.21. The molecule has 16 heavy (non-hydrogen) atoms. The van der Waals surface area contributed by atoms with Gasteiger partial charge in [-0.15, -0.1) is 0 Å². The van der Waals surface area contributed by atoms with E-state index < -0.39 is 11.6 Å². The van der Waals surface area contributed by atoms with Crippen molar-refractivity contribution in [3.63, 3.8) is 0 Å². The number of benzene rings is 1. The summed E-state index contributed by atoms with van der Waals surface area (Å²) in [6, 6.07) is 3.54. The van der Waals surface area contributed by atoms with Crippen LogP contribution < -0.4 is 10.1 Å². The molecule has 2 nitrogen and oxygen atoms in total. The van der Waals surface area contributed by atoms with Gasteiger partial charge in [-0.25, -0.2) is 8.78 Å². The third-order valence-corrected chi connectivity index (χ3v) is 2.56. The monoisotopic (exact) mass is 229 g/mol. The molecule has 0 saturated heterocycles. The van der Waals surface area contributed by atoms with E-state index in [1.807, 2.05) is 20.9 Å². The Morgan fingerprint density at radius 2 is 1.94 bits per heavy atom. The third kappa shape index (κ3) is 3.77. The minimum atomic E-state index is -0.884. The Hall–Kier alpha value is -1.16. The fourth-order valence-corrected chi connectivity index (χ4v) is 1.12. The fraction of sp³-hybridized carbons (Fsp3) is 0.500. The minimum absolute atomic E-state index is 0.0292. The van der Waals surface area contributed by atoms with E-state index in [-0.39, 0.29) is 5.54 Å². The summed E-state index contributed by atoms with van der Waals surface area (Å²) in [5.74, 6) is -1.39. The van der Waals surface area contributed by atoms with Crippen molar-refractivity contribution in [3.05, 3.63) is 29.8 Å². The molecule has 0 aliphatic heterocycles. The summed E-state index contributed by atoms with van der Waals surface area (Å²) in [6.07, 6.45) is 0.780. The van der Waals surface area contributed by atoms with Crippen LogP contribution in [0, 0.1) is 11.6 Å². The van der Waals surface area contributed by atoms with Gasteiger partial charge in [-0.05, 0) is 39.4 Å². The summed E-state index contributed by atoms with van der Waals surface area (Å²) in [6.45, 7) is 4.54. The van der Waals surface area contributed by atoms with Crippen molar-refractivity contribution in [2.45, 2.75) is 25.8 Å². The maximum Gasteiger partial charge on any atom is 0.162 e. The van der Waals surface area contributed by atoms with E-state index in [4.69, 9.17) is 4.74 Å². The molecular formula is C12H17F2NO. The normalized spacial score (nSPS) is 11.6. The number of ether oxygens (including phenoxy) is 1. The van der Waals surface area contributed by atoms with Gasteiger partial charge >= 0.3 is 0 Å². The van der Waals surface area contributed by atoms with Crippen molar-refractivity contribution >= 4 is 0 Å². The summed E-state index contributed by atoms with van der Waals surface area (Å²) in [5, 5.41) is 3.13. The zero-order valence-electron chi connectivity index (χ0n) is 9.81. The zero-order chi connectivity index (χ0) is 12.2. The Morgan fingerprint density at radius 1 is 1.25 bits per heavy atom. The van der Waals surface area contributed by atoms with E-state index in [2.05, 4.69) is 5.32 Å². The predicted molar refractivity (Wildman–Crippen MR) is 59.6 cm³/mol. The average Bonchev–Trinajstić information content (AvgIpc) is 2.23. The van der Waals surface area contributed by atoms with Crippen molar-refractivity contribution in [1.82, 2.24) is 5.32 Å². The number of hydrogen-bond acceptors (Lipinski definition) is 2. The van der Waals surface area contributed by atoms with E-state index >= 15 is 0 Å². The van der Waals surface area contributed by atoms with Crippen molar-refractivity contribution in [1.29, 1.82) is 0 Å². The molecule has 0 aliphatic rings. The highest BCUT2D eigenvalue weighted by Gasteiger charge is 2.14. The highest BCUT2D eigenvalue weighted by atomic mass is 19.2. The van der Waals surface area contributed by atoms with Gasteiger partial charge < -0.3 is 10.1 Å². The molecule has 4 heteroatoms. The molecule has 0 bridgehead atoms. The molecule has 1 aromatic rings. The molecule has 0 heterocycles. The van der Waals surface area contributed by atoms with E-state index in [1.165, 1.54) is 6.07 Å².